The molecule has 0 spiro atoms. The van der Waals surface area contributed by atoms with Crippen molar-refractivity contribution in [1.82, 2.24) is 0 Å². The fourth-order valence-electron chi connectivity index (χ4n) is 2.31. The minimum absolute atomic E-state index is 0.145. The Labute approximate surface area is 118 Å². The molecule has 1 aromatic rings. The quantitative estimate of drug-likeness (QED) is 0.437. The second-order valence-corrected chi connectivity index (χ2v) is 5.28. The summed E-state index contributed by atoms with van der Waals surface area (Å²) in [4.78, 5) is 0. The predicted octanol–water partition coefficient (Wildman–Crippen LogP) is 5.03. The molecule has 0 heterocycles. The molecule has 106 valence electrons. The molecule has 1 heteroatoms. The van der Waals surface area contributed by atoms with E-state index in [1.165, 1.54) is 63.4 Å². The van der Waals surface area contributed by atoms with Crippen molar-refractivity contribution in [3.8, 4) is 0 Å². The molecule has 0 aliphatic rings. The van der Waals surface area contributed by atoms with Crippen LogP contribution in [0.2, 0.25) is 0 Å². The largest absolute Gasteiger partial charge is 0.392 e. The highest BCUT2D eigenvalue weighted by Crippen LogP contribution is 2.12. The molecule has 1 nitrogen and oxygen atoms in total. The van der Waals surface area contributed by atoms with Gasteiger partial charge in [0.05, 0.1) is 6.61 Å². The molecular formula is C18H28O. The van der Waals surface area contributed by atoms with E-state index in [0.29, 0.717) is 0 Å². The van der Waals surface area contributed by atoms with E-state index in [2.05, 4.69) is 18.7 Å². The average Bonchev–Trinajstić information content (AvgIpc) is 2.46. The number of hydrogen-bond acceptors (Lipinski definition) is 1. The molecule has 0 aliphatic carbocycles. The fraction of sp³-hybridized carbons (Fsp3) is 0.556. The van der Waals surface area contributed by atoms with Gasteiger partial charge in [0.1, 0.15) is 0 Å². The van der Waals surface area contributed by atoms with E-state index in [9.17, 15) is 0 Å². The molecule has 0 fully saturated rings. The van der Waals surface area contributed by atoms with Crippen LogP contribution in [0.15, 0.2) is 36.9 Å². The number of aliphatic hydroxyl groups is 1. The van der Waals surface area contributed by atoms with E-state index in [0.717, 1.165) is 5.56 Å². The first-order valence-electron chi connectivity index (χ1n) is 7.66. The van der Waals surface area contributed by atoms with Gasteiger partial charge >= 0.3 is 0 Å². The molecule has 0 saturated heterocycles. The first kappa shape index (κ1) is 16.0. The smallest absolute Gasteiger partial charge is 0.0681 e. The Bertz CT molecular complexity index is 326. The number of benzene rings is 1. The Morgan fingerprint density at radius 1 is 0.789 bits per heavy atom. The Morgan fingerprint density at radius 2 is 1.32 bits per heavy atom. The maximum Gasteiger partial charge on any atom is 0.0681 e. The van der Waals surface area contributed by atoms with Gasteiger partial charge in [-0.05, 0) is 36.8 Å². The summed E-state index contributed by atoms with van der Waals surface area (Å²) in [7, 11) is 0. The summed E-state index contributed by atoms with van der Waals surface area (Å²) in [6, 6.07) is 8.32. The van der Waals surface area contributed by atoms with E-state index in [1.807, 2.05) is 18.2 Å². The maximum atomic E-state index is 8.97. The minimum Gasteiger partial charge on any atom is -0.392 e. The van der Waals surface area contributed by atoms with Crippen LogP contribution in [0, 0.1) is 0 Å². The van der Waals surface area contributed by atoms with Crippen molar-refractivity contribution in [1.29, 1.82) is 0 Å². The van der Waals surface area contributed by atoms with Crippen LogP contribution in [0.1, 0.15) is 62.5 Å². The molecule has 1 aromatic carbocycles. The van der Waals surface area contributed by atoms with Gasteiger partial charge in [-0.2, -0.15) is 0 Å². The van der Waals surface area contributed by atoms with Crippen molar-refractivity contribution < 1.29 is 5.11 Å². The minimum atomic E-state index is 0.145. The molecule has 0 aromatic heterocycles. The number of rotatable bonds is 11. The highest BCUT2D eigenvalue weighted by Gasteiger charge is 1.95. The molecular weight excluding hydrogens is 232 g/mol. The third kappa shape index (κ3) is 7.84. The standard InChI is InChI=1S/C18H28O/c1-2-3-4-5-6-7-8-9-10-11-17-12-14-18(16-19)15-13-17/h2,12-15,19H,1,3-11,16H2. The first-order chi connectivity index (χ1) is 9.36. The second kappa shape index (κ2) is 10.8. The molecule has 0 bridgehead atoms. The lowest BCUT2D eigenvalue weighted by Gasteiger charge is -2.03. The van der Waals surface area contributed by atoms with Crippen LogP contribution in [0.5, 0.6) is 0 Å². The van der Waals surface area contributed by atoms with E-state index in [4.69, 9.17) is 5.11 Å². The van der Waals surface area contributed by atoms with Crippen molar-refractivity contribution in [3.63, 3.8) is 0 Å². The van der Waals surface area contributed by atoms with E-state index in [1.54, 1.807) is 0 Å². The van der Waals surface area contributed by atoms with Crippen LogP contribution < -0.4 is 0 Å². The number of hydrogen-bond donors (Lipinski definition) is 1. The summed E-state index contributed by atoms with van der Waals surface area (Å²) in [5.74, 6) is 0. The third-order valence-electron chi connectivity index (χ3n) is 3.58. The van der Waals surface area contributed by atoms with Gasteiger partial charge in [-0.15, -0.1) is 6.58 Å². The average molecular weight is 260 g/mol. The molecule has 1 rings (SSSR count). The van der Waals surface area contributed by atoms with E-state index in [-0.39, 0.29) is 6.61 Å². The summed E-state index contributed by atoms with van der Waals surface area (Å²) in [6.45, 7) is 3.89. The van der Waals surface area contributed by atoms with Gasteiger partial charge in [-0.3, -0.25) is 0 Å². The third-order valence-corrected chi connectivity index (χ3v) is 3.58. The van der Waals surface area contributed by atoms with Gasteiger partial charge < -0.3 is 5.11 Å². The zero-order valence-electron chi connectivity index (χ0n) is 12.1. The van der Waals surface area contributed by atoms with Crippen molar-refractivity contribution >= 4 is 0 Å². The fourth-order valence-corrected chi connectivity index (χ4v) is 2.31. The van der Waals surface area contributed by atoms with Crippen LogP contribution >= 0.6 is 0 Å². The number of aliphatic hydroxyl groups excluding tert-OH is 1. The van der Waals surface area contributed by atoms with E-state index < -0.39 is 0 Å². The van der Waals surface area contributed by atoms with Crippen molar-refractivity contribution in [3.05, 3.63) is 48.0 Å². The van der Waals surface area contributed by atoms with E-state index >= 15 is 0 Å². The summed E-state index contributed by atoms with van der Waals surface area (Å²) in [6.07, 6.45) is 13.8. The highest BCUT2D eigenvalue weighted by molar-refractivity contribution is 5.21. The second-order valence-electron chi connectivity index (χ2n) is 5.28. The van der Waals surface area contributed by atoms with Crippen LogP contribution in [0.4, 0.5) is 0 Å². The molecule has 0 saturated carbocycles. The molecule has 0 aliphatic heterocycles. The molecule has 1 N–H and O–H groups in total. The lowest BCUT2D eigenvalue weighted by Crippen LogP contribution is -1.88. The summed E-state index contributed by atoms with van der Waals surface area (Å²) >= 11 is 0. The number of unbranched alkanes of at least 4 members (excludes halogenated alkanes) is 7. The molecule has 0 unspecified atom stereocenters. The lowest BCUT2D eigenvalue weighted by atomic mass is 10.0. The Morgan fingerprint density at radius 3 is 1.89 bits per heavy atom. The van der Waals surface area contributed by atoms with Crippen molar-refractivity contribution in [2.24, 2.45) is 0 Å². The Hall–Kier alpha value is -1.08. The van der Waals surface area contributed by atoms with Gasteiger partial charge in [0, 0.05) is 0 Å². The SMILES string of the molecule is C=CCCCCCCCCCc1ccc(CO)cc1. The Balaban J connectivity index is 1.96. The lowest BCUT2D eigenvalue weighted by molar-refractivity contribution is 0.282. The van der Waals surface area contributed by atoms with Gasteiger partial charge in [-0.25, -0.2) is 0 Å². The predicted molar refractivity (Wildman–Crippen MR) is 83.2 cm³/mol. The summed E-state index contributed by atoms with van der Waals surface area (Å²) in [5, 5.41) is 8.97. The normalized spacial score (nSPS) is 10.6. The first-order valence-corrected chi connectivity index (χ1v) is 7.66. The van der Waals surface area contributed by atoms with Crippen LogP contribution in [-0.4, -0.2) is 5.11 Å². The molecule has 19 heavy (non-hydrogen) atoms. The van der Waals surface area contributed by atoms with Crippen molar-refractivity contribution in [2.45, 2.75) is 64.4 Å². The van der Waals surface area contributed by atoms with Gasteiger partial charge in [0.25, 0.3) is 0 Å². The summed E-state index contributed by atoms with van der Waals surface area (Å²) < 4.78 is 0. The van der Waals surface area contributed by atoms with Gasteiger partial charge in [0.15, 0.2) is 0 Å². The van der Waals surface area contributed by atoms with Crippen LogP contribution in [0.25, 0.3) is 0 Å². The molecule has 0 amide bonds. The van der Waals surface area contributed by atoms with Crippen molar-refractivity contribution in [2.75, 3.05) is 0 Å². The van der Waals surface area contributed by atoms with Crippen LogP contribution in [0.3, 0.4) is 0 Å². The monoisotopic (exact) mass is 260 g/mol. The highest BCUT2D eigenvalue weighted by atomic mass is 16.3. The maximum absolute atomic E-state index is 8.97. The topological polar surface area (TPSA) is 20.2 Å². The zero-order valence-corrected chi connectivity index (χ0v) is 12.1. The molecule has 0 radical (unpaired) electrons. The molecule has 0 atom stereocenters. The van der Waals surface area contributed by atoms with Crippen LogP contribution in [-0.2, 0) is 13.0 Å². The number of aryl methyl sites for hydroxylation is 1. The Kier molecular flexibility index (Phi) is 9.09. The van der Waals surface area contributed by atoms with Gasteiger partial charge in [-0.1, -0.05) is 62.4 Å². The summed E-state index contributed by atoms with van der Waals surface area (Å²) in [5.41, 5.74) is 2.39. The van der Waals surface area contributed by atoms with Gasteiger partial charge in [0.2, 0.25) is 0 Å². The zero-order chi connectivity index (χ0) is 13.8. The number of allylic oxidation sites excluding steroid dienone is 1.